The topological polar surface area (TPSA) is 0 Å². The second-order valence-electron chi connectivity index (χ2n) is 3.49. The highest BCUT2D eigenvalue weighted by Crippen LogP contribution is 2.26. The van der Waals surface area contributed by atoms with E-state index in [9.17, 15) is 4.39 Å². The van der Waals surface area contributed by atoms with Crippen LogP contribution in [0.5, 0.6) is 0 Å². The van der Waals surface area contributed by atoms with Gasteiger partial charge in [-0.25, -0.2) is 4.39 Å². The van der Waals surface area contributed by atoms with E-state index in [1.54, 1.807) is 6.07 Å². The molecule has 0 radical (unpaired) electrons. The molecule has 0 saturated heterocycles. The first kappa shape index (κ1) is 9.91. The van der Waals surface area contributed by atoms with Gasteiger partial charge < -0.3 is 0 Å². The summed E-state index contributed by atoms with van der Waals surface area (Å²) >= 11 is 0. The van der Waals surface area contributed by atoms with E-state index in [0.29, 0.717) is 0 Å². The molecular formula is C14H13F. The highest BCUT2D eigenvalue weighted by atomic mass is 19.1. The van der Waals surface area contributed by atoms with Gasteiger partial charge in [-0.1, -0.05) is 49.4 Å². The summed E-state index contributed by atoms with van der Waals surface area (Å²) in [5.41, 5.74) is 2.74. The highest BCUT2D eigenvalue weighted by Gasteiger charge is 2.08. The minimum absolute atomic E-state index is 0.138. The monoisotopic (exact) mass is 200 g/mol. The zero-order valence-electron chi connectivity index (χ0n) is 8.70. The fourth-order valence-electron chi connectivity index (χ4n) is 1.79. The van der Waals surface area contributed by atoms with Crippen LogP contribution in [0.1, 0.15) is 12.5 Å². The molecule has 0 N–H and O–H groups in total. The highest BCUT2D eigenvalue weighted by molar-refractivity contribution is 5.67. The maximum absolute atomic E-state index is 13.7. The van der Waals surface area contributed by atoms with Crippen LogP contribution in [-0.2, 0) is 6.42 Å². The summed E-state index contributed by atoms with van der Waals surface area (Å²) in [5.74, 6) is -0.138. The van der Waals surface area contributed by atoms with Crippen molar-refractivity contribution in [3.63, 3.8) is 0 Å². The molecule has 0 aliphatic heterocycles. The van der Waals surface area contributed by atoms with Crippen molar-refractivity contribution < 1.29 is 4.39 Å². The maximum Gasteiger partial charge on any atom is 0.131 e. The molecule has 0 heterocycles. The molecule has 2 aromatic carbocycles. The Morgan fingerprint density at radius 3 is 2.33 bits per heavy atom. The van der Waals surface area contributed by atoms with E-state index in [1.165, 1.54) is 6.07 Å². The third-order valence-corrected chi connectivity index (χ3v) is 2.54. The van der Waals surface area contributed by atoms with E-state index in [0.717, 1.165) is 23.1 Å². The van der Waals surface area contributed by atoms with E-state index >= 15 is 0 Å². The Kier molecular flexibility index (Phi) is 2.82. The predicted molar refractivity (Wildman–Crippen MR) is 61.2 cm³/mol. The van der Waals surface area contributed by atoms with Gasteiger partial charge in [-0.05, 0) is 23.6 Å². The summed E-state index contributed by atoms with van der Waals surface area (Å²) in [6, 6.07) is 14.9. The second-order valence-corrected chi connectivity index (χ2v) is 3.49. The summed E-state index contributed by atoms with van der Waals surface area (Å²) in [7, 11) is 0. The van der Waals surface area contributed by atoms with E-state index in [4.69, 9.17) is 0 Å². The molecule has 2 rings (SSSR count). The fraction of sp³-hybridized carbons (Fsp3) is 0.143. The van der Waals surface area contributed by atoms with E-state index in [-0.39, 0.29) is 5.82 Å². The summed E-state index contributed by atoms with van der Waals surface area (Å²) < 4.78 is 13.7. The Balaban J connectivity index is 2.61. The molecule has 0 aliphatic rings. The van der Waals surface area contributed by atoms with Gasteiger partial charge in [-0.2, -0.15) is 0 Å². The number of aryl methyl sites for hydroxylation is 1. The SMILES string of the molecule is CCc1cccc(F)c1-c1ccccc1. The molecule has 0 nitrogen and oxygen atoms in total. The van der Waals surface area contributed by atoms with Crippen molar-refractivity contribution in [1.82, 2.24) is 0 Å². The van der Waals surface area contributed by atoms with Gasteiger partial charge in [0.05, 0.1) is 0 Å². The van der Waals surface area contributed by atoms with Crippen LogP contribution in [0.2, 0.25) is 0 Å². The molecule has 0 atom stereocenters. The molecule has 0 spiro atoms. The first-order valence-electron chi connectivity index (χ1n) is 5.15. The van der Waals surface area contributed by atoms with Crippen molar-refractivity contribution in [3.8, 4) is 11.1 Å². The third kappa shape index (κ3) is 1.91. The molecule has 2 aromatic rings. The van der Waals surface area contributed by atoms with Crippen molar-refractivity contribution in [2.45, 2.75) is 13.3 Å². The standard InChI is InChI=1S/C14H13F/c1-2-11-9-6-10-13(15)14(11)12-7-4-3-5-8-12/h3-10H,2H2,1H3. The molecule has 0 amide bonds. The van der Waals surface area contributed by atoms with Gasteiger partial charge in [0.15, 0.2) is 0 Å². The molecular weight excluding hydrogens is 187 g/mol. The van der Waals surface area contributed by atoms with E-state index in [1.807, 2.05) is 43.3 Å². The first-order valence-corrected chi connectivity index (χ1v) is 5.15. The van der Waals surface area contributed by atoms with Crippen molar-refractivity contribution in [2.24, 2.45) is 0 Å². The lowest BCUT2D eigenvalue weighted by Crippen LogP contribution is -1.91. The van der Waals surface area contributed by atoms with Gasteiger partial charge in [-0.15, -0.1) is 0 Å². The predicted octanol–water partition coefficient (Wildman–Crippen LogP) is 4.06. The van der Waals surface area contributed by atoms with Gasteiger partial charge in [0, 0.05) is 5.56 Å². The lowest BCUT2D eigenvalue weighted by atomic mass is 9.98. The van der Waals surface area contributed by atoms with Crippen molar-refractivity contribution in [2.75, 3.05) is 0 Å². The summed E-state index contributed by atoms with van der Waals surface area (Å²) in [5, 5.41) is 0. The Bertz CT molecular complexity index is 446. The van der Waals surface area contributed by atoms with Crippen LogP contribution in [0.15, 0.2) is 48.5 Å². The first-order chi connectivity index (χ1) is 7.33. The lowest BCUT2D eigenvalue weighted by Gasteiger charge is -2.08. The average Bonchev–Trinajstić information content (AvgIpc) is 2.29. The third-order valence-electron chi connectivity index (χ3n) is 2.54. The van der Waals surface area contributed by atoms with Crippen LogP contribution >= 0.6 is 0 Å². The number of hydrogen-bond acceptors (Lipinski definition) is 0. The van der Waals surface area contributed by atoms with Crippen molar-refractivity contribution in [3.05, 3.63) is 59.9 Å². The summed E-state index contributed by atoms with van der Waals surface area (Å²) in [4.78, 5) is 0. The Morgan fingerprint density at radius 2 is 1.67 bits per heavy atom. The quantitative estimate of drug-likeness (QED) is 0.686. The molecule has 76 valence electrons. The van der Waals surface area contributed by atoms with Crippen LogP contribution < -0.4 is 0 Å². The van der Waals surface area contributed by atoms with E-state index in [2.05, 4.69) is 0 Å². The summed E-state index contributed by atoms with van der Waals surface area (Å²) in [6.45, 7) is 2.04. The largest absolute Gasteiger partial charge is 0.206 e. The molecule has 0 aromatic heterocycles. The maximum atomic E-state index is 13.7. The molecule has 15 heavy (non-hydrogen) atoms. The Morgan fingerprint density at radius 1 is 0.933 bits per heavy atom. The molecule has 0 saturated carbocycles. The molecule has 1 heteroatoms. The van der Waals surface area contributed by atoms with Crippen LogP contribution in [0, 0.1) is 5.82 Å². The number of benzene rings is 2. The molecule has 0 fully saturated rings. The Labute approximate surface area is 89.4 Å². The van der Waals surface area contributed by atoms with Crippen molar-refractivity contribution in [1.29, 1.82) is 0 Å². The number of rotatable bonds is 2. The normalized spacial score (nSPS) is 10.3. The van der Waals surface area contributed by atoms with Crippen LogP contribution in [0.4, 0.5) is 4.39 Å². The van der Waals surface area contributed by atoms with Crippen LogP contribution in [-0.4, -0.2) is 0 Å². The van der Waals surface area contributed by atoms with Crippen molar-refractivity contribution >= 4 is 0 Å². The molecule has 0 aliphatic carbocycles. The van der Waals surface area contributed by atoms with Gasteiger partial charge in [-0.3, -0.25) is 0 Å². The fourth-order valence-corrected chi connectivity index (χ4v) is 1.79. The molecule has 0 unspecified atom stereocenters. The lowest BCUT2D eigenvalue weighted by molar-refractivity contribution is 0.629. The van der Waals surface area contributed by atoms with Gasteiger partial charge in [0.2, 0.25) is 0 Å². The molecule has 0 bridgehead atoms. The second kappa shape index (κ2) is 4.26. The number of hydrogen-bond donors (Lipinski definition) is 0. The van der Waals surface area contributed by atoms with Gasteiger partial charge >= 0.3 is 0 Å². The van der Waals surface area contributed by atoms with Crippen LogP contribution in [0.25, 0.3) is 11.1 Å². The number of halogens is 1. The summed E-state index contributed by atoms with van der Waals surface area (Å²) in [6.07, 6.45) is 0.849. The minimum atomic E-state index is -0.138. The van der Waals surface area contributed by atoms with Crippen LogP contribution in [0.3, 0.4) is 0 Å². The zero-order chi connectivity index (χ0) is 10.7. The van der Waals surface area contributed by atoms with Gasteiger partial charge in [0.1, 0.15) is 5.82 Å². The van der Waals surface area contributed by atoms with E-state index < -0.39 is 0 Å². The Hall–Kier alpha value is -1.63. The van der Waals surface area contributed by atoms with Gasteiger partial charge in [0.25, 0.3) is 0 Å². The average molecular weight is 200 g/mol. The smallest absolute Gasteiger partial charge is 0.131 e. The minimum Gasteiger partial charge on any atom is -0.206 e. The zero-order valence-corrected chi connectivity index (χ0v) is 8.70.